The molecule has 0 aliphatic heterocycles. The molecule has 0 saturated heterocycles. The molecule has 2 nitrogen and oxygen atoms in total. The second-order valence-corrected chi connectivity index (χ2v) is 5.40. The third-order valence-corrected chi connectivity index (χ3v) is 3.53. The summed E-state index contributed by atoms with van der Waals surface area (Å²) in [5.74, 6) is 0.734. The highest BCUT2D eigenvalue weighted by molar-refractivity contribution is 5.22. The molecular weight excluding hydrogens is 241 g/mol. The summed E-state index contributed by atoms with van der Waals surface area (Å²) in [5.41, 5.74) is 0.766. The van der Waals surface area contributed by atoms with E-state index in [1.807, 2.05) is 12.1 Å². The Bertz CT molecular complexity index is 379. The van der Waals surface area contributed by atoms with E-state index < -0.39 is 0 Å². The summed E-state index contributed by atoms with van der Waals surface area (Å²) in [6.45, 7) is 5.31. The molecule has 0 aromatic heterocycles. The van der Waals surface area contributed by atoms with Crippen molar-refractivity contribution in [3.63, 3.8) is 0 Å². The van der Waals surface area contributed by atoms with Crippen molar-refractivity contribution in [3.8, 4) is 0 Å². The lowest BCUT2D eigenvalue weighted by Gasteiger charge is -2.19. The van der Waals surface area contributed by atoms with Gasteiger partial charge in [0.25, 0.3) is 0 Å². The van der Waals surface area contributed by atoms with Gasteiger partial charge in [0.2, 0.25) is 0 Å². The zero-order chi connectivity index (χ0) is 13.5. The standard InChI is InChI=1S/C16H24FNO/c1-2-9-18-10-14(12-19-11-13-7-8-13)15-5-3-4-6-16(15)17/h3-6,13-14,18H,2,7-12H2,1H3. The maximum absolute atomic E-state index is 13.9. The Labute approximate surface area is 115 Å². The number of hydrogen-bond donors (Lipinski definition) is 1. The Hall–Kier alpha value is -0.930. The summed E-state index contributed by atoms with van der Waals surface area (Å²) in [4.78, 5) is 0. The van der Waals surface area contributed by atoms with Gasteiger partial charge < -0.3 is 10.1 Å². The van der Waals surface area contributed by atoms with Crippen molar-refractivity contribution in [1.29, 1.82) is 0 Å². The molecule has 19 heavy (non-hydrogen) atoms. The summed E-state index contributed by atoms with van der Waals surface area (Å²) < 4.78 is 19.6. The van der Waals surface area contributed by atoms with Gasteiger partial charge in [-0.1, -0.05) is 25.1 Å². The first-order chi connectivity index (χ1) is 9.31. The lowest BCUT2D eigenvalue weighted by molar-refractivity contribution is 0.109. The van der Waals surface area contributed by atoms with Crippen LogP contribution in [0.15, 0.2) is 24.3 Å². The van der Waals surface area contributed by atoms with Gasteiger partial charge in [0, 0.05) is 19.1 Å². The van der Waals surface area contributed by atoms with Gasteiger partial charge in [-0.15, -0.1) is 0 Å². The van der Waals surface area contributed by atoms with Crippen LogP contribution in [0, 0.1) is 11.7 Å². The summed E-state index contributed by atoms with van der Waals surface area (Å²) in [5, 5.41) is 3.37. The predicted octanol–water partition coefficient (Wildman–Crippen LogP) is 3.34. The van der Waals surface area contributed by atoms with Crippen LogP contribution in [0.3, 0.4) is 0 Å². The van der Waals surface area contributed by atoms with Crippen LogP contribution in [0.25, 0.3) is 0 Å². The number of nitrogens with one attached hydrogen (secondary N) is 1. The maximum atomic E-state index is 13.9. The Morgan fingerprint density at radius 2 is 2.16 bits per heavy atom. The highest BCUT2D eigenvalue weighted by Gasteiger charge is 2.22. The van der Waals surface area contributed by atoms with E-state index in [1.54, 1.807) is 6.07 Å². The van der Waals surface area contributed by atoms with E-state index in [4.69, 9.17) is 4.74 Å². The molecule has 0 bridgehead atoms. The van der Waals surface area contributed by atoms with Gasteiger partial charge in [-0.25, -0.2) is 4.39 Å². The first-order valence-corrected chi connectivity index (χ1v) is 7.34. The summed E-state index contributed by atoms with van der Waals surface area (Å²) >= 11 is 0. The molecule has 1 saturated carbocycles. The fraction of sp³-hybridized carbons (Fsp3) is 0.625. The van der Waals surface area contributed by atoms with E-state index in [0.29, 0.717) is 6.61 Å². The average molecular weight is 265 g/mol. The van der Waals surface area contributed by atoms with Gasteiger partial charge in [-0.3, -0.25) is 0 Å². The summed E-state index contributed by atoms with van der Waals surface area (Å²) in [6, 6.07) is 7.03. The molecule has 1 aliphatic rings. The van der Waals surface area contributed by atoms with Crippen LogP contribution < -0.4 is 5.32 Å². The third kappa shape index (κ3) is 4.92. The smallest absolute Gasteiger partial charge is 0.126 e. The van der Waals surface area contributed by atoms with E-state index in [2.05, 4.69) is 12.2 Å². The highest BCUT2D eigenvalue weighted by atomic mass is 19.1. The van der Waals surface area contributed by atoms with E-state index >= 15 is 0 Å². The summed E-state index contributed by atoms with van der Waals surface area (Å²) in [7, 11) is 0. The quantitative estimate of drug-likeness (QED) is 0.691. The van der Waals surface area contributed by atoms with Gasteiger partial charge in [-0.05, 0) is 43.4 Å². The number of halogens is 1. The van der Waals surface area contributed by atoms with Crippen LogP contribution in [-0.2, 0) is 4.74 Å². The molecule has 0 spiro atoms. The fourth-order valence-corrected chi connectivity index (χ4v) is 2.18. The average Bonchev–Trinajstić information content (AvgIpc) is 3.22. The Morgan fingerprint density at radius 3 is 2.84 bits per heavy atom. The second-order valence-electron chi connectivity index (χ2n) is 5.40. The van der Waals surface area contributed by atoms with Crippen LogP contribution in [0.5, 0.6) is 0 Å². The molecule has 1 aliphatic carbocycles. The number of ether oxygens (including phenoxy) is 1. The minimum absolute atomic E-state index is 0.103. The molecule has 0 radical (unpaired) electrons. The van der Waals surface area contributed by atoms with Crippen molar-refractivity contribution in [3.05, 3.63) is 35.6 Å². The topological polar surface area (TPSA) is 21.3 Å². The lowest BCUT2D eigenvalue weighted by Crippen LogP contribution is -2.26. The van der Waals surface area contributed by atoms with Crippen molar-refractivity contribution in [2.24, 2.45) is 5.92 Å². The zero-order valence-electron chi connectivity index (χ0n) is 11.7. The van der Waals surface area contributed by atoms with Gasteiger partial charge in [0.1, 0.15) is 5.82 Å². The van der Waals surface area contributed by atoms with Crippen molar-refractivity contribution in [1.82, 2.24) is 5.32 Å². The molecule has 0 heterocycles. The van der Waals surface area contributed by atoms with Gasteiger partial charge in [-0.2, -0.15) is 0 Å². The SMILES string of the molecule is CCCNCC(COCC1CC1)c1ccccc1F. The minimum Gasteiger partial charge on any atom is -0.380 e. The van der Waals surface area contributed by atoms with Crippen LogP contribution in [0.4, 0.5) is 4.39 Å². The van der Waals surface area contributed by atoms with Crippen molar-refractivity contribution < 1.29 is 9.13 Å². The Kier molecular flexibility index (Phi) is 5.80. The summed E-state index contributed by atoms with van der Waals surface area (Å²) in [6.07, 6.45) is 3.67. The normalized spacial score (nSPS) is 16.5. The van der Waals surface area contributed by atoms with E-state index in [9.17, 15) is 4.39 Å². The zero-order valence-corrected chi connectivity index (χ0v) is 11.7. The Balaban J connectivity index is 1.89. The van der Waals surface area contributed by atoms with Gasteiger partial charge in [0.05, 0.1) is 6.61 Å². The molecule has 1 atom stereocenters. The lowest BCUT2D eigenvalue weighted by atomic mass is 9.99. The van der Waals surface area contributed by atoms with Crippen LogP contribution >= 0.6 is 0 Å². The van der Waals surface area contributed by atoms with Crippen LogP contribution in [0.1, 0.15) is 37.7 Å². The van der Waals surface area contributed by atoms with E-state index in [0.717, 1.165) is 37.6 Å². The molecule has 3 heteroatoms. The van der Waals surface area contributed by atoms with Gasteiger partial charge >= 0.3 is 0 Å². The number of hydrogen-bond acceptors (Lipinski definition) is 2. The molecule has 1 fully saturated rings. The molecule has 1 unspecified atom stereocenters. The molecule has 106 valence electrons. The largest absolute Gasteiger partial charge is 0.380 e. The number of rotatable bonds is 9. The molecule has 2 rings (SSSR count). The van der Waals surface area contributed by atoms with Crippen molar-refractivity contribution in [2.75, 3.05) is 26.3 Å². The fourth-order valence-electron chi connectivity index (χ4n) is 2.18. The van der Waals surface area contributed by atoms with E-state index in [-0.39, 0.29) is 11.7 Å². The minimum atomic E-state index is -0.124. The monoisotopic (exact) mass is 265 g/mol. The Morgan fingerprint density at radius 1 is 1.37 bits per heavy atom. The van der Waals surface area contributed by atoms with E-state index in [1.165, 1.54) is 18.9 Å². The first-order valence-electron chi connectivity index (χ1n) is 7.34. The second kappa shape index (κ2) is 7.61. The number of benzene rings is 1. The molecular formula is C16H24FNO. The van der Waals surface area contributed by atoms with Crippen LogP contribution in [0.2, 0.25) is 0 Å². The van der Waals surface area contributed by atoms with Crippen molar-refractivity contribution >= 4 is 0 Å². The molecule has 0 amide bonds. The van der Waals surface area contributed by atoms with Crippen LogP contribution in [-0.4, -0.2) is 26.3 Å². The first kappa shape index (κ1) is 14.5. The molecule has 1 aromatic rings. The maximum Gasteiger partial charge on any atom is 0.126 e. The van der Waals surface area contributed by atoms with Crippen molar-refractivity contribution in [2.45, 2.75) is 32.1 Å². The molecule has 1 aromatic carbocycles. The highest BCUT2D eigenvalue weighted by Crippen LogP contribution is 2.29. The van der Waals surface area contributed by atoms with Gasteiger partial charge in [0.15, 0.2) is 0 Å². The molecule has 1 N–H and O–H groups in total. The predicted molar refractivity (Wildman–Crippen MR) is 75.8 cm³/mol. The third-order valence-electron chi connectivity index (χ3n) is 3.53.